The maximum absolute atomic E-state index is 10.5. The predicted octanol–water partition coefficient (Wildman–Crippen LogP) is -1.13. The van der Waals surface area contributed by atoms with Crippen molar-refractivity contribution in [3.05, 3.63) is 33.1 Å². The molecule has 0 bridgehead atoms. The normalized spacial score (nSPS) is 8.50. The van der Waals surface area contributed by atoms with E-state index in [9.17, 15) is 9.59 Å². The first kappa shape index (κ1) is 9.78. The molecule has 5 heteroatoms. The van der Waals surface area contributed by atoms with Crippen molar-refractivity contribution >= 4 is 0 Å². The number of nitrogens with zero attached hydrogens (tertiary/aromatic N) is 1. The van der Waals surface area contributed by atoms with Crippen LogP contribution in [0.5, 0.6) is 0 Å². The van der Waals surface area contributed by atoms with E-state index >= 15 is 0 Å². The summed E-state index contributed by atoms with van der Waals surface area (Å²) in [5.41, 5.74) is -0.906. The Hall–Kier alpha value is -0.216. The van der Waals surface area contributed by atoms with Crippen molar-refractivity contribution in [2.24, 2.45) is 7.05 Å². The van der Waals surface area contributed by atoms with Crippen molar-refractivity contribution in [2.45, 2.75) is 0 Å². The van der Waals surface area contributed by atoms with E-state index in [0.29, 0.717) is 0 Å². The van der Waals surface area contributed by atoms with E-state index in [4.69, 9.17) is 0 Å². The molecule has 0 aliphatic carbocycles. The maximum atomic E-state index is 10.5. The van der Waals surface area contributed by atoms with Crippen LogP contribution in [0.15, 0.2) is 15.8 Å². The topological polar surface area (TPSA) is 54.9 Å². The van der Waals surface area contributed by atoms with Gasteiger partial charge >= 0.3 is 5.69 Å². The maximum Gasteiger partial charge on any atom is 0.323 e. The van der Waals surface area contributed by atoms with Gasteiger partial charge in [0.1, 0.15) is 0 Å². The van der Waals surface area contributed by atoms with Gasteiger partial charge in [-0.1, -0.05) is 0 Å². The Kier molecular flexibility index (Phi) is 3.75. The van der Waals surface area contributed by atoms with Crippen LogP contribution in [-0.2, 0) is 39.8 Å². The number of aryl methyl sites for hydroxylation is 1. The summed E-state index contributed by atoms with van der Waals surface area (Å²) < 4.78 is 1.24. The molecule has 0 atom stereocenters. The summed E-state index contributed by atoms with van der Waals surface area (Å²) in [6.45, 7) is 0. The van der Waals surface area contributed by atoms with Crippen molar-refractivity contribution in [1.82, 2.24) is 9.55 Å². The Balaban J connectivity index is 0.000000810. The van der Waals surface area contributed by atoms with Crippen LogP contribution < -0.4 is 11.2 Å². The van der Waals surface area contributed by atoms with E-state index in [1.807, 2.05) is 4.98 Å². The van der Waals surface area contributed by atoms with Crippen molar-refractivity contribution < 1.29 is 32.7 Å². The van der Waals surface area contributed by atoms with E-state index in [-0.39, 0.29) is 32.7 Å². The number of aromatic amines is 1. The van der Waals surface area contributed by atoms with Gasteiger partial charge in [0.15, 0.2) is 0 Å². The predicted molar refractivity (Wildman–Crippen MR) is 31.1 cm³/mol. The SMILES string of the molecule is Cn1c[c-]c(=O)[nH]c1=O.[Y]. The summed E-state index contributed by atoms with van der Waals surface area (Å²) in [5.74, 6) is 0. The summed E-state index contributed by atoms with van der Waals surface area (Å²) in [7, 11) is 1.54. The van der Waals surface area contributed by atoms with E-state index in [1.54, 1.807) is 0 Å². The van der Waals surface area contributed by atoms with E-state index in [2.05, 4.69) is 6.07 Å². The zero-order valence-corrected chi connectivity index (χ0v) is 8.26. The van der Waals surface area contributed by atoms with Crippen molar-refractivity contribution in [2.75, 3.05) is 0 Å². The molecule has 0 saturated carbocycles. The summed E-state index contributed by atoms with van der Waals surface area (Å²) in [6, 6.07) is 2.29. The largest absolute Gasteiger partial charge is 0.387 e. The molecule has 0 fully saturated rings. The fraction of sp³-hybridized carbons (Fsp3) is 0.200. The number of hydrogen-bond acceptors (Lipinski definition) is 2. The van der Waals surface area contributed by atoms with Crippen molar-refractivity contribution in [3.63, 3.8) is 0 Å². The third-order valence-corrected chi connectivity index (χ3v) is 0.930. The molecule has 0 aliphatic heterocycles. The van der Waals surface area contributed by atoms with Gasteiger partial charge < -0.3 is 20.4 Å². The molecular weight excluding hydrogens is 209 g/mol. The van der Waals surface area contributed by atoms with Crippen LogP contribution in [0.25, 0.3) is 0 Å². The van der Waals surface area contributed by atoms with Crippen LogP contribution >= 0.6 is 0 Å². The van der Waals surface area contributed by atoms with Crippen LogP contribution in [0.2, 0.25) is 0 Å². The smallest absolute Gasteiger partial charge is 0.323 e. The molecule has 0 spiro atoms. The first-order chi connectivity index (χ1) is 4.20. The molecule has 1 radical (unpaired) electrons. The second kappa shape index (κ2) is 3.83. The molecule has 4 nitrogen and oxygen atoms in total. The van der Waals surface area contributed by atoms with E-state index in [1.165, 1.54) is 17.8 Å². The van der Waals surface area contributed by atoms with Crippen LogP contribution in [0.1, 0.15) is 0 Å². The molecule has 10 heavy (non-hydrogen) atoms. The first-order valence-electron chi connectivity index (χ1n) is 2.38. The standard InChI is InChI=1S/C5H5N2O2.Y/c1-7-3-2-4(8)6-5(7)9;/h3H,1H3,(H,6,8,9);/q-1;. The Morgan fingerprint density at radius 3 is 2.60 bits per heavy atom. The molecule has 51 valence electrons. The zero-order chi connectivity index (χ0) is 6.85. The van der Waals surface area contributed by atoms with Crippen LogP contribution in [0.3, 0.4) is 0 Å². The van der Waals surface area contributed by atoms with Gasteiger partial charge in [-0.15, -0.1) is 0 Å². The average Bonchev–Trinajstić information content (AvgIpc) is 1.80. The van der Waals surface area contributed by atoms with Gasteiger partial charge in [0.25, 0.3) is 0 Å². The number of rotatable bonds is 0. The summed E-state index contributed by atoms with van der Waals surface area (Å²) in [5, 5.41) is 0. The Labute approximate surface area is 82.2 Å². The molecule has 1 heterocycles. The Morgan fingerprint density at radius 2 is 2.20 bits per heavy atom. The molecule has 1 aromatic rings. The van der Waals surface area contributed by atoms with Crippen LogP contribution in [0.4, 0.5) is 0 Å². The third kappa shape index (κ3) is 2.19. The molecule has 1 rings (SSSR count). The second-order valence-corrected chi connectivity index (χ2v) is 1.64. The number of nitrogens with one attached hydrogen (secondary N) is 1. The third-order valence-electron chi connectivity index (χ3n) is 0.930. The molecule has 0 aliphatic rings. The zero-order valence-electron chi connectivity index (χ0n) is 5.42. The minimum Gasteiger partial charge on any atom is -0.387 e. The molecule has 0 unspecified atom stereocenters. The molecule has 0 amide bonds. The first-order valence-corrected chi connectivity index (χ1v) is 2.38. The quantitative estimate of drug-likeness (QED) is 0.555. The number of aromatic nitrogens is 2. The second-order valence-electron chi connectivity index (χ2n) is 1.64. The number of H-pyrrole nitrogens is 1. The van der Waals surface area contributed by atoms with Gasteiger partial charge in [-0.2, -0.15) is 6.20 Å². The van der Waals surface area contributed by atoms with Crippen LogP contribution in [0, 0.1) is 6.07 Å². The monoisotopic (exact) mass is 214 g/mol. The summed E-state index contributed by atoms with van der Waals surface area (Å²) in [6.07, 6.45) is 1.29. The average molecular weight is 214 g/mol. The minimum atomic E-state index is -0.488. The Morgan fingerprint density at radius 1 is 1.60 bits per heavy atom. The van der Waals surface area contributed by atoms with Crippen LogP contribution in [-0.4, -0.2) is 9.55 Å². The van der Waals surface area contributed by atoms with Gasteiger partial charge in [-0.25, -0.2) is 4.79 Å². The van der Waals surface area contributed by atoms with E-state index in [0.717, 1.165) is 0 Å². The minimum absolute atomic E-state index is 0. The van der Waals surface area contributed by atoms with Gasteiger partial charge in [0.05, 0.1) is 5.56 Å². The number of hydrogen-bond donors (Lipinski definition) is 1. The summed E-state index contributed by atoms with van der Waals surface area (Å²) >= 11 is 0. The molecule has 0 saturated heterocycles. The molecule has 1 aromatic heterocycles. The van der Waals surface area contributed by atoms with Gasteiger partial charge in [0, 0.05) is 39.8 Å². The van der Waals surface area contributed by atoms with Gasteiger partial charge in [-0.05, 0) is 0 Å². The fourth-order valence-corrected chi connectivity index (χ4v) is 0.435. The summed E-state index contributed by atoms with van der Waals surface area (Å²) in [4.78, 5) is 22.9. The van der Waals surface area contributed by atoms with E-state index < -0.39 is 11.2 Å². The van der Waals surface area contributed by atoms with Gasteiger partial charge in [-0.3, -0.25) is 0 Å². The van der Waals surface area contributed by atoms with Gasteiger partial charge in [0.2, 0.25) is 0 Å². The molecule has 1 N–H and O–H groups in total. The fourth-order valence-electron chi connectivity index (χ4n) is 0.435. The molecular formula is C5H5N2O2Y-. The Bertz CT molecular complexity index is 314. The molecule has 0 aromatic carbocycles. The van der Waals surface area contributed by atoms with Crippen molar-refractivity contribution in [1.29, 1.82) is 0 Å². The van der Waals surface area contributed by atoms with Crippen molar-refractivity contribution in [3.8, 4) is 0 Å².